The van der Waals surface area contributed by atoms with Gasteiger partial charge in [-0.1, -0.05) is 29.3 Å². The van der Waals surface area contributed by atoms with Gasteiger partial charge in [-0.05, 0) is 30.7 Å². The maximum absolute atomic E-state index is 11.2. The van der Waals surface area contributed by atoms with Crippen LogP contribution in [0.25, 0.3) is 0 Å². The summed E-state index contributed by atoms with van der Waals surface area (Å²) in [6.45, 7) is 0.397. The van der Waals surface area contributed by atoms with Crippen LogP contribution >= 0.6 is 23.2 Å². The number of benzene rings is 1. The van der Waals surface area contributed by atoms with E-state index < -0.39 is 11.8 Å². The Morgan fingerprint density at radius 3 is 2.47 bits per heavy atom. The van der Waals surface area contributed by atoms with E-state index in [1.165, 1.54) is 0 Å². The van der Waals surface area contributed by atoms with E-state index in [9.17, 15) is 4.79 Å². The van der Waals surface area contributed by atoms with Gasteiger partial charge in [0.05, 0.1) is 16.0 Å². The predicted molar refractivity (Wildman–Crippen MR) is 62.1 cm³/mol. The molecule has 0 spiro atoms. The fourth-order valence-corrected chi connectivity index (χ4v) is 1.68. The molecule has 0 aliphatic rings. The average Bonchev–Trinajstić information content (AvgIpc) is 2.18. The molecule has 3 nitrogen and oxygen atoms in total. The molecule has 0 aliphatic carbocycles. The van der Waals surface area contributed by atoms with Crippen molar-refractivity contribution < 1.29 is 4.79 Å². The molecule has 0 heterocycles. The molecule has 5 heteroatoms. The van der Waals surface area contributed by atoms with E-state index in [-0.39, 0.29) is 0 Å². The van der Waals surface area contributed by atoms with Crippen molar-refractivity contribution in [3.8, 4) is 0 Å². The number of nitrogens with two attached hydrogens (primary N) is 2. The number of hydrogen-bond acceptors (Lipinski definition) is 2. The van der Waals surface area contributed by atoms with Gasteiger partial charge < -0.3 is 11.5 Å². The minimum atomic E-state index is -0.404. The van der Waals surface area contributed by atoms with Gasteiger partial charge in [0.2, 0.25) is 5.91 Å². The zero-order valence-electron chi connectivity index (χ0n) is 8.04. The Bertz CT molecular complexity index is 368. The van der Waals surface area contributed by atoms with Gasteiger partial charge in [0.15, 0.2) is 0 Å². The summed E-state index contributed by atoms with van der Waals surface area (Å²) in [5, 5.41) is 0.869. The van der Waals surface area contributed by atoms with Crippen molar-refractivity contribution in [2.45, 2.75) is 12.3 Å². The molecule has 1 amide bonds. The van der Waals surface area contributed by atoms with Gasteiger partial charge in [0, 0.05) is 0 Å². The van der Waals surface area contributed by atoms with E-state index in [0.29, 0.717) is 23.0 Å². The zero-order valence-corrected chi connectivity index (χ0v) is 9.55. The first-order valence-corrected chi connectivity index (χ1v) is 5.26. The second kappa shape index (κ2) is 5.35. The summed E-state index contributed by atoms with van der Waals surface area (Å²) >= 11 is 11.6. The molecule has 0 saturated carbocycles. The predicted octanol–water partition coefficient (Wildman–Crippen LogP) is 1.91. The number of carbonyl (C=O) groups is 1. The summed E-state index contributed by atoms with van der Waals surface area (Å²) in [7, 11) is 0. The smallest absolute Gasteiger partial charge is 0.225 e. The molecular formula is C10H12Cl2N2O. The minimum absolute atomic E-state index is 0.397. The topological polar surface area (TPSA) is 69.1 Å². The third-order valence-corrected chi connectivity index (χ3v) is 2.88. The maximum Gasteiger partial charge on any atom is 0.225 e. The van der Waals surface area contributed by atoms with Gasteiger partial charge in [0.1, 0.15) is 0 Å². The second-order valence-corrected chi connectivity index (χ2v) is 4.02. The Morgan fingerprint density at radius 1 is 1.33 bits per heavy atom. The van der Waals surface area contributed by atoms with Gasteiger partial charge in [-0.2, -0.15) is 0 Å². The first kappa shape index (κ1) is 12.3. The van der Waals surface area contributed by atoms with E-state index in [1.54, 1.807) is 18.2 Å². The number of primary amides is 1. The largest absolute Gasteiger partial charge is 0.369 e. The van der Waals surface area contributed by atoms with E-state index in [0.717, 1.165) is 5.56 Å². The molecule has 82 valence electrons. The van der Waals surface area contributed by atoms with E-state index in [2.05, 4.69) is 0 Å². The Labute approximate surface area is 98.3 Å². The van der Waals surface area contributed by atoms with E-state index in [4.69, 9.17) is 34.7 Å². The maximum atomic E-state index is 11.2. The zero-order chi connectivity index (χ0) is 11.4. The fraction of sp³-hybridized carbons (Fsp3) is 0.300. The SMILES string of the molecule is NCCC(C(N)=O)c1ccc(Cl)c(Cl)c1. The van der Waals surface area contributed by atoms with Crippen molar-refractivity contribution >= 4 is 29.1 Å². The first-order chi connectivity index (χ1) is 7.06. The van der Waals surface area contributed by atoms with Crippen molar-refractivity contribution in [3.05, 3.63) is 33.8 Å². The number of rotatable bonds is 4. The van der Waals surface area contributed by atoms with Crippen molar-refractivity contribution in [1.29, 1.82) is 0 Å². The highest BCUT2D eigenvalue weighted by Crippen LogP contribution is 2.27. The van der Waals surface area contributed by atoms with Crippen LogP contribution < -0.4 is 11.5 Å². The highest BCUT2D eigenvalue weighted by Gasteiger charge is 2.17. The van der Waals surface area contributed by atoms with Crippen LogP contribution in [0.3, 0.4) is 0 Å². The van der Waals surface area contributed by atoms with E-state index in [1.807, 2.05) is 0 Å². The molecule has 0 saturated heterocycles. The molecule has 4 N–H and O–H groups in total. The molecule has 0 bridgehead atoms. The van der Waals surface area contributed by atoms with Crippen LogP contribution in [-0.2, 0) is 4.79 Å². The highest BCUT2D eigenvalue weighted by atomic mass is 35.5. The van der Waals surface area contributed by atoms with Crippen molar-refractivity contribution in [2.75, 3.05) is 6.54 Å². The Balaban J connectivity index is 3.01. The van der Waals surface area contributed by atoms with Gasteiger partial charge in [-0.25, -0.2) is 0 Å². The molecule has 0 aromatic heterocycles. The summed E-state index contributed by atoms with van der Waals surface area (Å²) in [6, 6.07) is 5.03. The van der Waals surface area contributed by atoms with Gasteiger partial charge in [0.25, 0.3) is 0 Å². The van der Waals surface area contributed by atoms with E-state index >= 15 is 0 Å². The van der Waals surface area contributed by atoms with Gasteiger partial charge >= 0.3 is 0 Å². The molecule has 1 rings (SSSR count). The normalized spacial score (nSPS) is 12.5. The fourth-order valence-electron chi connectivity index (χ4n) is 1.37. The quantitative estimate of drug-likeness (QED) is 0.853. The van der Waals surface area contributed by atoms with Crippen LogP contribution in [0.4, 0.5) is 0 Å². The lowest BCUT2D eigenvalue weighted by molar-refractivity contribution is -0.119. The van der Waals surface area contributed by atoms with Crippen LogP contribution in [0.2, 0.25) is 10.0 Å². The lowest BCUT2D eigenvalue weighted by Gasteiger charge is -2.13. The van der Waals surface area contributed by atoms with Crippen LogP contribution in [0.15, 0.2) is 18.2 Å². The number of halogens is 2. The third kappa shape index (κ3) is 3.09. The average molecular weight is 247 g/mol. The summed E-state index contributed by atoms with van der Waals surface area (Å²) < 4.78 is 0. The van der Waals surface area contributed by atoms with Gasteiger partial charge in [-0.3, -0.25) is 4.79 Å². The van der Waals surface area contributed by atoms with Crippen LogP contribution in [0.5, 0.6) is 0 Å². The number of amides is 1. The standard InChI is InChI=1S/C10H12Cl2N2O/c11-8-2-1-6(5-9(8)12)7(3-4-13)10(14)15/h1-2,5,7H,3-4,13H2,(H2,14,15). The second-order valence-electron chi connectivity index (χ2n) is 3.21. The third-order valence-electron chi connectivity index (χ3n) is 2.14. The Kier molecular flexibility index (Phi) is 4.39. The van der Waals surface area contributed by atoms with Crippen molar-refractivity contribution in [3.63, 3.8) is 0 Å². The monoisotopic (exact) mass is 246 g/mol. The number of carbonyl (C=O) groups excluding carboxylic acids is 1. The Morgan fingerprint density at radius 2 is 2.00 bits per heavy atom. The summed E-state index contributed by atoms with van der Waals surface area (Å²) in [5.74, 6) is -0.802. The van der Waals surface area contributed by atoms with Crippen LogP contribution in [-0.4, -0.2) is 12.5 Å². The first-order valence-electron chi connectivity index (χ1n) is 4.50. The molecule has 0 fully saturated rings. The van der Waals surface area contributed by atoms with Crippen LogP contribution in [0.1, 0.15) is 17.9 Å². The molecular weight excluding hydrogens is 235 g/mol. The lowest BCUT2D eigenvalue weighted by Crippen LogP contribution is -2.23. The molecule has 0 radical (unpaired) electrons. The highest BCUT2D eigenvalue weighted by molar-refractivity contribution is 6.42. The summed E-state index contributed by atoms with van der Waals surface area (Å²) in [4.78, 5) is 11.2. The molecule has 1 atom stereocenters. The molecule has 1 aromatic carbocycles. The number of hydrogen-bond donors (Lipinski definition) is 2. The molecule has 1 aromatic rings. The minimum Gasteiger partial charge on any atom is -0.369 e. The molecule has 1 unspecified atom stereocenters. The Hall–Kier alpha value is -0.770. The summed E-state index contributed by atoms with van der Waals surface area (Å²) in [5.41, 5.74) is 11.4. The van der Waals surface area contributed by atoms with Crippen LogP contribution in [0, 0.1) is 0 Å². The van der Waals surface area contributed by atoms with Crippen molar-refractivity contribution in [1.82, 2.24) is 0 Å². The lowest BCUT2D eigenvalue weighted by atomic mass is 9.95. The molecule has 0 aliphatic heterocycles. The molecule has 15 heavy (non-hydrogen) atoms. The summed E-state index contributed by atoms with van der Waals surface area (Å²) in [6.07, 6.45) is 0.507. The van der Waals surface area contributed by atoms with Gasteiger partial charge in [-0.15, -0.1) is 0 Å². The van der Waals surface area contributed by atoms with Crippen molar-refractivity contribution in [2.24, 2.45) is 11.5 Å².